The molecule has 5 rings (SSSR count). The van der Waals surface area contributed by atoms with Crippen LogP contribution >= 0.6 is 0 Å². The summed E-state index contributed by atoms with van der Waals surface area (Å²) in [5.41, 5.74) is 0.671. The number of nitrogens with zero attached hydrogens (tertiary/aromatic N) is 3. The number of hydrogen-bond acceptors (Lipinski definition) is 7. The number of aromatic nitrogens is 2. The third kappa shape index (κ3) is 4.57. The molecule has 3 aliphatic rings. The lowest BCUT2D eigenvalue weighted by molar-refractivity contribution is -0.419. The van der Waals surface area contributed by atoms with E-state index in [1.165, 1.54) is 35.7 Å². The Kier molecular flexibility index (Phi) is 6.44. The van der Waals surface area contributed by atoms with Gasteiger partial charge in [-0.15, -0.1) is 0 Å². The molecule has 0 aromatic carbocycles. The Morgan fingerprint density at radius 1 is 1.24 bits per heavy atom. The van der Waals surface area contributed by atoms with Gasteiger partial charge in [-0.2, -0.15) is 0 Å². The molecule has 11 nitrogen and oxygen atoms in total. The number of rotatable bonds is 9. The highest BCUT2D eigenvalue weighted by Gasteiger charge is 2.51. The van der Waals surface area contributed by atoms with Crippen LogP contribution in [0.15, 0.2) is 48.5 Å². The number of nitro groups is 1. The van der Waals surface area contributed by atoms with Crippen LogP contribution in [0, 0.1) is 16.0 Å². The van der Waals surface area contributed by atoms with Gasteiger partial charge in [-0.3, -0.25) is 14.4 Å². The monoisotopic (exact) mass is 549 g/mol. The van der Waals surface area contributed by atoms with Gasteiger partial charge in [0.25, 0.3) is 5.70 Å². The second-order valence-corrected chi connectivity index (χ2v) is 14.7. The van der Waals surface area contributed by atoms with Gasteiger partial charge in [-0.1, -0.05) is 19.4 Å². The largest absolute Gasteiger partial charge is 0.346 e. The molecule has 2 aromatic rings. The summed E-state index contributed by atoms with van der Waals surface area (Å²) in [7, 11) is -7.68. The molecule has 0 saturated heterocycles. The number of H-pyrrole nitrogens is 1. The summed E-state index contributed by atoms with van der Waals surface area (Å²) in [5, 5.41) is 11.8. The average molecular weight is 550 g/mol. The summed E-state index contributed by atoms with van der Waals surface area (Å²) in [6.45, 7) is 3.47. The van der Waals surface area contributed by atoms with E-state index in [1.807, 2.05) is 6.92 Å². The molecule has 0 radical (unpaired) electrons. The van der Waals surface area contributed by atoms with E-state index >= 15 is 0 Å². The molecular weight excluding hydrogens is 518 g/mol. The standard InChI is InChI=1S/C24H31N5O6S2/c1-3-16-13-17(27-36(32,33)19-6-7-19)14-22(16)28(21-9-12-26-23-20(21)8-11-25-23)37(34,35)24(2)10-4-5-18(15-24)29(30)31/h4-5,8-9,11-12,15-17,19,22,27H,3,6-7,10,13-14H2,1-2H3,(H,25,26)/t16-,17+,22+,24?/m1/s1. The highest BCUT2D eigenvalue weighted by atomic mass is 32.2. The molecule has 1 unspecified atom stereocenters. The van der Waals surface area contributed by atoms with Crippen molar-refractivity contribution in [1.82, 2.24) is 14.7 Å². The Hall–Kier alpha value is -2.77. The van der Waals surface area contributed by atoms with Crippen LogP contribution in [0.25, 0.3) is 11.0 Å². The minimum atomic E-state index is -4.23. The lowest BCUT2D eigenvalue weighted by Gasteiger charge is -2.40. The summed E-state index contributed by atoms with van der Waals surface area (Å²) < 4.78 is 57.2. The Morgan fingerprint density at radius 2 is 2.00 bits per heavy atom. The number of hydrogen-bond donors (Lipinski definition) is 2. The van der Waals surface area contributed by atoms with Crippen molar-refractivity contribution < 1.29 is 21.8 Å². The van der Waals surface area contributed by atoms with Crippen LogP contribution in [-0.2, 0) is 20.0 Å². The molecule has 3 aliphatic carbocycles. The van der Waals surface area contributed by atoms with Gasteiger partial charge in [0.2, 0.25) is 20.0 Å². The zero-order valence-corrected chi connectivity index (χ0v) is 22.3. The van der Waals surface area contributed by atoms with E-state index in [9.17, 15) is 26.9 Å². The molecule has 2 fully saturated rings. The van der Waals surface area contributed by atoms with E-state index in [-0.39, 0.29) is 23.3 Å². The highest BCUT2D eigenvalue weighted by Crippen LogP contribution is 2.44. The van der Waals surface area contributed by atoms with Gasteiger partial charge < -0.3 is 4.98 Å². The van der Waals surface area contributed by atoms with Crippen LogP contribution in [0.4, 0.5) is 5.69 Å². The number of allylic oxidation sites excluding steroid dienone is 2. The first kappa shape index (κ1) is 25.9. The van der Waals surface area contributed by atoms with Gasteiger partial charge in [0.05, 0.1) is 15.9 Å². The topological polar surface area (TPSA) is 155 Å². The molecule has 200 valence electrons. The van der Waals surface area contributed by atoms with Crippen molar-refractivity contribution in [3.63, 3.8) is 0 Å². The third-order valence-corrected chi connectivity index (χ3v) is 12.2. The molecule has 0 spiro atoms. The smallest absolute Gasteiger partial charge is 0.266 e. The lowest BCUT2D eigenvalue weighted by atomic mass is 10.00. The molecule has 2 aromatic heterocycles. The minimum absolute atomic E-state index is 0.0752. The van der Waals surface area contributed by atoms with Crippen LogP contribution in [-0.4, -0.2) is 53.8 Å². The zero-order valence-electron chi connectivity index (χ0n) is 20.7. The quantitative estimate of drug-likeness (QED) is 0.359. The predicted octanol–water partition coefficient (Wildman–Crippen LogP) is 3.22. The summed E-state index contributed by atoms with van der Waals surface area (Å²) >= 11 is 0. The first-order chi connectivity index (χ1) is 17.5. The van der Waals surface area contributed by atoms with Crippen LogP contribution in [0.5, 0.6) is 0 Å². The fraction of sp³-hybridized carbons (Fsp3) is 0.542. The molecule has 37 heavy (non-hydrogen) atoms. The van der Waals surface area contributed by atoms with Crippen molar-refractivity contribution >= 4 is 36.8 Å². The fourth-order valence-corrected chi connectivity index (χ4v) is 9.27. The van der Waals surface area contributed by atoms with Crippen LogP contribution in [0.1, 0.15) is 52.4 Å². The van der Waals surface area contributed by atoms with E-state index in [4.69, 9.17) is 0 Å². The van der Waals surface area contributed by atoms with Crippen molar-refractivity contribution in [2.24, 2.45) is 5.92 Å². The first-order valence-electron chi connectivity index (χ1n) is 12.5. The number of aromatic amines is 1. The fourth-order valence-electron chi connectivity index (χ4n) is 5.61. The van der Waals surface area contributed by atoms with Gasteiger partial charge >= 0.3 is 0 Å². The summed E-state index contributed by atoms with van der Waals surface area (Å²) in [6, 6.07) is 2.45. The Labute approximate surface area is 216 Å². The lowest BCUT2D eigenvalue weighted by Crippen LogP contribution is -2.52. The van der Waals surface area contributed by atoms with E-state index in [2.05, 4.69) is 14.7 Å². The first-order valence-corrected chi connectivity index (χ1v) is 15.5. The maximum Gasteiger partial charge on any atom is 0.266 e. The SMILES string of the molecule is CC[C@@H]1C[C@H](NS(=O)(=O)C2CC2)C[C@@H]1N(c1ccnc2[nH]ccc12)S(=O)(=O)C1(C)C=C([N+](=O)[O-])C=CC1. The Bertz CT molecular complexity index is 1490. The maximum absolute atomic E-state index is 14.6. The van der Waals surface area contributed by atoms with Gasteiger partial charge in [0, 0.05) is 42.0 Å². The number of anilines is 1. The normalized spacial score (nSPS) is 28.4. The van der Waals surface area contributed by atoms with Crippen molar-refractivity contribution in [3.8, 4) is 0 Å². The molecule has 13 heteroatoms. The molecular formula is C24H31N5O6S2. The van der Waals surface area contributed by atoms with Crippen LogP contribution < -0.4 is 9.03 Å². The number of sulfonamides is 2. The highest BCUT2D eigenvalue weighted by molar-refractivity contribution is 7.94. The Balaban J connectivity index is 1.61. The molecule has 0 amide bonds. The van der Waals surface area contributed by atoms with E-state index in [1.54, 1.807) is 18.3 Å². The Morgan fingerprint density at radius 3 is 2.68 bits per heavy atom. The van der Waals surface area contributed by atoms with Crippen LogP contribution in [0.2, 0.25) is 0 Å². The number of pyridine rings is 1. The second-order valence-electron chi connectivity index (χ2n) is 10.4. The van der Waals surface area contributed by atoms with Gasteiger partial charge in [0.1, 0.15) is 10.4 Å². The summed E-state index contributed by atoms with van der Waals surface area (Å²) in [4.78, 5) is 18.3. The van der Waals surface area contributed by atoms with Crippen molar-refractivity contribution in [2.75, 3.05) is 4.31 Å². The third-order valence-electron chi connectivity index (χ3n) is 7.78. The zero-order chi connectivity index (χ0) is 26.6. The van der Waals surface area contributed by atoms with Crippen molar-refractivity contribution in [2.45, 2.75) is 74.5 Å². The molecule has 2 saturated carbocycles. The molecule has 2 heterocycles. The molecule has 2 N–H and O–H groups in total. The van der Waals surface area contributed by atoms with Gasteiger partial charge in [-0.25, -0.2) is 26.5 Å². The number of nitrogens with one attached hydrogen (secondary N) is 2. The van der Waals surface area contributed by atoms with E-state index < -0.39 is 41.8 Å². The van der Waals surface area contributed by atoms with Crippen LogP contribution in [0.3, 0.4) is 0 Å². The minimum Gasteiger partial charge on any atom is -0.346 e. The van der Waals surface area contributed by atoms with Crippen molar-refractivity contribution in [3.05, 3.63) is 58.6 Å². The summed E-state index contributed by atoms with van der Waals surface area (Å²) in [5.74, 6) is -0.120. The predicted molar refractivity (Wildman–Crippen MR) is 140 cm³/mol. The van der Waals surface area contributed by atoms with E-state index in [0.29, 0.717) is 48.8 Å². The van der Waals surface area contributed by atoms with Gasteiger partial charge in [-0.05, 0) is 57.1 Å². The molecule has 0 bridgehead atoms. The van der Waals surface area contributed by atoms with Crippen molar-refractivity contribution in [1.29, 1.82) is 0 Å². The average Bonchev–Trinajstić information content (AvgIpc) is 3.49. The van der Waals surface area contributed by atoms with E-state index in [0.717, 1.165) is 0 Å². The summed E-state index contributed by atoms with van der Waals surface area (Å²) in [6.07, 6.45) is 10.1. The molecule has 0 aliphatic heterocycles. The molecule has 4 atom stereocenters. The number of fused-ring (bicyclic) bond motifs is 1. The maximum atomic E-state index is 14.6. The second kappa shape index (κ2) is 9.21. The van der Waals surface area contributed by atoms with Gasteiger partial charge in [0.15, 0.2) is 0 Å².